The number of nitrogens with one attached hydrogen (secondary N) is 1. The third-order valence-corrected chi connectivity index (χ3v) is 4.97. The first-order valence-electron chi connectivity index (χ1n) is 5.88. The zero-order chi connectivity index (χ0) is 15.0. The standard InChI is InChI=1S/C11H13FN2O5S/c12-9-6-8(2-3-10(9)14(16)17)20(18,19)13-11(7-15)4-1-5-11/h2-3,6,13,15H,1,4-5,7H2. The van der Waals surface area contributed by atoms with Crippen molar-refractivity contribution >= 4 is 15.7 Å². The van der Waals surface area contributed by atoms with Crippen LogP contribution in [0.2, 0.25) is 0 Å². The summed E-state index contributed by atoms with van der Waals surface area (Å²) < 4.78 is 39.9. The van der Waals surface area contributed by atoms with Crippen molar-refractivity contribution in [3.8, 4) is 0 Å². The maximum Gasteiger partial charge on any atom is 0.304 e. The predicted molar refractivity (Wildman–Crippen MR) is 67.0 cm³/mol. The lowest BCUT2D eigenvalue weighted by atomic mass is 9.78. The summed E-state index contributed by atoms with van der Waals surface area (Å²) in [5.74, 6) is -1.22. The maximum absolute atomic E-state index is 13.5. The Kier molecular flexibility index (Phi) is 3.76. The van der Waals surface area contributed by atoms with E-state index in [1.807, 2.05) is 0 Å². The fourth-order valence-electron chi connectivity index (χ4n) is 2.04. The first-order chi connectivity index (χ1) is 9.30. The van der Waals surface area contributed by atoms with Gasteiger partial charge in [-0.3, -0.25) is 10.1 Å². The van der Waals surface area contributed by atoms with E-state index in [0.717, 1.165) is 18.6 Å². The molecule has 0 heterocycles. The average molecular weight is 304 g/mol. The van der Waals surface area contributed by atoms with Crippen molar-refractivity contribution in [1.82, 2.24) is 4.72 Å². The third kappa shape index (κ3) is 2.65. The van der Waals surface area contributed by atoms with E-state index in [2.05, 4.69) is 4.72 Å². The number of nitro benzene ring substituents is 1. The van der Waals surface area contributed by atoms with E-state index in [-0.39, 0.29) is 6.61 Å². The molecule has 0 atom stereocenters. The lowest BCUT2D eigenvalue weighted by molar-refractivity contribution is -0.387. The van der Waals surface area contributed by atoms with Gasteiger partial charge in [0.15, 0.2) is 0 Å². The second-order valence-electron chi connectivity index (χ2n) is 4.77. The highest BCUT2D eigenvalue weighted by Crippen LogP contribution is 2.33. The smallest absolute Gasteiger partial charge is 0.304 e. The molecule has 0 aliphatic heterocycles. The molecule has 1 saturated carbocycles. The molecule has 0 bridgehead atoms. The Labute approximate surface area is 114 Å². The molecule has 7 nitrogen and oxygen atoms in total. The van der Waals surface area contributed by atoms with Gasteiger partial charge in [-0.05, 0) is 25.3 Å². The summed E-state index contributed by atoms with van der Waals surface area (Å²) in [4.78, 5) is 9.15. The number of rotatable bonds is 5. The molecule has 1 aliphatic carbocycles. The Balaban J connectivity index is 2.30. The van der Waals surface area contributed by atoms with Gasteiger partial charge in [0.05, 0.1) is 22.0 Å². The normalized spacial score (nSPS) is 17.5. The number of aliphatic hydroxyl groups is 1. The topological polar surface area (TPSA) is 110 Å². The summed E-state index contributed by atoms with van der Waals surface area (Å²) in [5, 5.41) is 19.7. The van der Waals surface area contributed by atoms with E-state index >= 15 is 0 Å². The van der Waals surface area contributed by atoms with Gasteiger partial charge >= 0.3 is 5.69 Å². The number of halogens is 1. The molecule has 1 aromatic carbocycles. The highest BCUT2D eigenvalue weighted by Gasteiger charge is 2.40. The lowest BCUT2D eigenvalue weighted by Gasteiger charge is -2.40. The molecule has 0 saturated heterocycles. The molecule has 0 aromatic heterocycles. The predicted octanol–water partition coefficient (Wildman–Crippen LogP) is 0.927. The number of hydrogen-bond acceptors (Lipinski definition) is 5. The van der Waals surface area contributed by atoms with Crippen molar-refractivity contribution in [3.63, 3.8) is 0 Å². The van der Waals surface area contributed by atoms with Crippen LogP contribution in [0.3, 0.4) is 0 Å². The van der Waals surface area contributed by atoms with Crippen LogP contribution in [0.4, 0.5) is 10.1 Å². The number of aliphatic hydroxyl groups excluding tert-OH is 1. The molecule has 1 fully saturated rings. The van der Waals surface area contributed by atoms with Gasteiger partial charge < -0.3 is 5.11 Å². The molecule has 0 spiro atoms. The van der Waals surface area contributed by atoms with Crippen LogP contribution in [0, 0.1) is 15.9 Å². The molecule has 9 heteroatoms. The molecular weight excluding hydrogens is 291 g/mol. The molecule has 0 amide bonds. The van der Waals surface area contributed by atoms with Gasteiger partial charge in [-0.25, -0.2) is 13.1 Å². The van der Waals surface area contributed by atoms with Gasteiger partial charge in [-0.2, -0.15) is 4.39 Å². The Morgan fingerprint density at radius 3 is 2.50 bits per heavy atom. The van der Waals surface area contributed by atoms with E-state index < -0.39 is 36.9 Å². The van der Waals surface area contributed by atoms with Gasteiger partial charge in [-0.1, -0.05) is 0 Å². The van der Waals surface area contributed by atoms with Gasteiger partial charge in [0.1, 0.15) is 0 Å². The van der Waals surface area contributed by atoms with Gasteiger partial charge in [-0.15, -0.1) is 0 Å². The first kappa shape index (κ1) is 14.8. The molecule has 20 heavy (non-hydrogen) atoms. The van der Waals surface area contributed by atoms with E-state index in [0.29, 0.717) is 18.9 Å². The number of benzene rings is 1. The number of sulfonamides is 1. The van der Waals surface area contributed by atoms with Crippen molar-refractivity contribution in [2.75, 3.05) is 6.61 Å². The minimum absolute atomic E-state index is 0.346. The SMILES string of the molecule is O=[N+]([O-])c1ccc(S(=O)(=O)NC2(CO)CCC2)cc1F. The summed E-state index contributed by atoms with van der Waals surface area (Å²) in [6.07, 6.45) is 1.79. The largest absolute Gasteiger partial charge is 0.394 e. The highest BCUT2D eigenvalue weighted by atomic mass is 32.2. The van der Waals surface area contributed by atoms with Crippen LogP contribution in [0.25, 0.3) is 0 Å². The summed E-state index contributed by atoms with van der Waals surface area (Å²) in [5.41, 5.74) is -1.69. The Morgan fingerprint density at radius 2 is 2.10 bits per heavy atom. The van der Waals surface area contributed by atoms with E-state index in [4.69, 9.17) is 0 Å². The van der Waals surface area contributed by atoms with Crippen LogP contribution in [0.15, 0.2) is 23.1 Å². The molecule has 110 valence electrons. The average Bonchev–Trinajstić information content (AvgIpc) is 2.33. The summed E-state index contributed by atoms with van der Waals surface area (Å²) in [6, 6.07) is 2.37. The van der Waals surface area contributed by atoms with Crippen molar-refractivity contribution in [2.45, 2.75) is 29.7 Å². The summed E-state index contributed by atoms with van der Waals surface area (Å²) in [6.45, 7) is -0.346. The van der Waals surface area contributed by atoms with Crippen LogP contribution in [-0.4, -0.2) is 30.6 Å². The van der Waals surface area contributed by atoms with E-state index in [9.17, 15) is 28.0 Å². The summed E-state index contributed by atoms with van der Waals surface area (Å²) in [7, 11) is -4.03. The molecule has 0 radical (unpaired) electrons. The van der Waals surface area contributed by atoms with E-state index in [1.165, 1.54) is 0 Å². The summed E-state index contributed by atoms with van der Waals surface area (Å²) >= 11 is 0. The van der Waals surface area contributed by atoms with Crippen molar-refractivity contribution in [2.24, 2.45) is 0 Å². The van der Waals surface area contributed by atoms with E-state index in [1.54, 1.807) is 0 Å². The van der Waals surface area contributed by atoms with Gasteiger partial charge in [0, 0.05) is 12.1 Å². The zero-order valence-electron chi connectivity index (χ0n) is 10.4. The maximum atomic E-state index is 13.5. The fourth-order valence-corrected chi connectivity index (χ4v) is 3.51. The Morgan fingerprint density at radius 1 is 1.45 bits per heavy atom. The van der Waals surface area contributed by atoms with Crippen LogP contribution in [0.5, 0.6) is 0 Å². The molecule has 2 N–H and O–H groups in total. The molecular formula is C11H13FN2O5S. The molecule has 2 rings (SSSR count). The quantitative estimate of drug-likeness (QED) is 0.621. The monoisotopic (exact) mass is 304 g/mol. The fraction of sp³-hybridized carbons (Fsp3) is 0.455. The molecule has 1 aliphatic rings. The van der Waals surface area contributed by atoms with Crippen LogP contribution in [-0.2, 0) is 10.0 Å². The third-order valence-electron chi connectivity index (χ3n) is 3.39. The number of hydrogen-bond donors (Lipinski definition) is 2. The minimum atomic E-state index is -4.03. The van der Waals surface area contributed by atoms with Crippen molar-refractivity contribution in [3.05, 3.63) is 34.1 Å². The van der Waals surface area contributed by atoms with Crippen molar-refractivity contribution in [1.29, 1.82) is 0 Å². The second kappa shape index (κ2) is 5.08. The van der Waals surface area contributed by atoms with Crippen LogP contribution >= 0.6 is 0 Å². The zero-order valence-corrected chi connectivity index (χ0v) is 11.2. The number of nitrogens with zero attached hydrogens (tertiary/aromatic N) is 1. The molecule has 1 aromatic rings. The van der Waals surface area contributed by atoms with Crippen LogP contribution < -0.4 is 4.72 Å². The van der Waals surface area contributed by atoms with Gasteiger partial charge in [0.2, 0.25) is 15.8 Å². The number of nitro groups is 1. The lowest BCUT2D eigenvalue weighted by Crippen LogP contribution is -2.55. The molecule has 0 unspecified atom stereocenters. The van der Waals surface area contributed by atoms with Gasteiger partial charge in [0.25, 0.3) is 0 Å². The van der Waals surface area contributed by atoms with Crippen molar-refractivity contribution < 1.29 is 22.8 Å². The minimum Gasteiger partial charge on any atom is -0.394 e. The first-order valence-corrected chi connectivity index (χ1v) is 7.37. The second-order valence-corrected chi connectivity index (χ2v) is 6.45. The highest BCUT2D eigenvalue weighted by molar-refractivity contribution is 7.89. The Bertz CT molecular complexity index is 637. The Hall–Kier alpha value is -1.58. The van der Waals surface area contributed by atoms with Crippen LogP contribution in [0.1, 0.15) is 19.3 Å².